The van der Waals surface area contributed by atoms with E-state index in [-0.39, 0.29) is 22.0 Å². The van der Waals surface area contributed by atoms with Crippen LogP contribution in [-0.2, 0) is 9.84 Å². The summed E-state index contributed by atoms with van der Waals surface area (Å²) in [5.41, 5.74) is 6.16. The van der Waals surface area contributed by atoms with Crippen molar-refractivity contribution < 1.29 is 17.2 Å². The van der Waals surface area contributed by atoms with Gasteiger partial charge in [0.15, 0.2) is 9.84 Å². The van der Waals surface area contributed by atoms with Crippen LogP contribution in [0.1, 0.15) is 0 Å². The average Bonchev–Trinajstić information content (AvgIpc) is 2.29. The zero-order valence-corrected chi connectivity index (χ0v) is 11.3. The predicted molar refractivity (Wildman–Crippen MR) is 73.6 cm³/mol. The number of benzene rings is 2. The van der Waals surface area contributed by atoms with Crippen molar-refractivity contribution in [2.75, 3.05) is 17.3 Å². The first-order valence-electron chi connectivity index (χ1n) is 5.59. The quantitative estimate of drug-likeness (QED) is 0.855. The summed E-state index contributed by atoms with van der Waals surface area (Å²) in [4.78, 5) is -0.0422. The molecular weight excluding hydrogens is 286 g/mol. The van der Waals surface area contributed by atoms with Crippen molar-refractivity contribution in [2.24, 2.45) is 0 Å². The molecule has 0 unspecified atom stereocenters. The molecule has 0 saturated carbocycles. The van der Waals surface area contributed by atoms with E-state index in [0.29, 0.717) is 0 Å². The SMILES string of the molecule is CS(=O)(=O)c1cccc(Nc2cc(F)cc(F)c2)c1N. The molecule has 20 heavy (non-hydrogen) atoms. The lowest BCUT2D eigenvalue weighted by molar-refractivity contribution is 0.584. The number of rotatable bonds is 3. The molecule has 0 atom stereocenters. The molecule has 0 heterocycles. The predicted octanol–water partition coefficient (Wildman–Crippen LogP) is 2.69. The molecule has 7 heteroatoms. The van der Waals surface area contributed by atoms with Gasteiger partial charge in [0.05, 0.1) is 16.3 Å². The summed E-state index contributed by atoms with van der Waals surface area (Å²) < 4.78 is 49.3. The van der Waals surface area contributed by atoms with E-state index in [2.05, 4.69) is 5.32 Å². The summed E-state index contributed by atoms with van der Waals surface area (Å²) >= 11 is 0. The van der Waals surface area contributed by atoms with Gasteiger partial charge in [-0.1, -0.05) is 6.07 Å². The van der Waals surface area contributed by atoms with Crippen LogP contribution in [0.2, 0.25) is 0 Å². The van der Waals surface area contributed by atoms with Crippen LogP contribution < -0.4 is 11.1 Å². The summed E-state index contributed by atoms with van der Waals surface area (Å²) in [6.45, 7) is 0. The number of nitrogen functional groups attached to an aromatic ring is 1. The Kier molecular flexibility index (Phi) is 3.63. The van der Waals surface area contributed by atoms with E-state index >= 15 is 0 Å². The smallest absolute Gasteiger partial charge is 0.177 e. The monoisotopic (exact) mass is 298 g/mol. The lowest BCUT2D eigenvalue weighted by atomic mass is 10.2. The molecule has 0 saturated heterocycles. The lowest BCUT2D eigenvalue weighted by Gasteiger charge is -2.12. The number of nitrogens with two attached hydrogens (primary N) is 1. The third-order valence-corrected chi connectivity index (χ3v) is 3.76. The minimum absolute atomic E-state index is 0.000306. The van der Waals surface area contributed by atoms with Gasteiger partial charge in [0.1, 0.15) is 11.6 Å². The zero-order chi connectivity index (χ0) is 14.9. The molecule has 0 aliphatic carbocycles. The Morgan fingerprint density at radius 1 is 1.10 bits per heavy atom. The van der Waals surface area contributed by atoms with Gasteiger partial charge in [0, 0.05) is 18.0 Å². The van der Waals surface area contributed by atoms with Crippen molar-refractivity contribution >= 4 is 26.9 Å². The Morgan fingerprint density at radius 2 is 1.70 bits per heavy atom. The molecule has 3 N–H and O–H groups in total. The summed E-state index contributed by atoms with van der Waals surface area (Å²) in [5, 5.41) is 2.70. The highest BCUT2D eigenvalue weighted by atomic mass is 32.2. The maximum Gasteiger partial charge on any atom is 0.177 e. The molecule has 0 amide bonds. The number of nitrogens with one attached hydrogen (secondary N) is 1. The van der Waals surface area contributed by atoms with Gasteiger partial charge < -0.3 is 11.1 Å². The van der Waals surface area contributed by atoms with Gasteiger partial charge in [-0.3, -0.25) is 0 Å². The average molecular weight is 298 g/mol. The Balaban J connectivity index is 2.44. The normalized spacial score (nSPS) is 11.3. The Morgan fingerprint density at radius 3 is 2.25 bits per heavy atom. The van der Waals surface area contributed by atoms with E-state index in [1.54, 1.807) is 0 Å². The van der Waals surface area contributed by atoms with Gasteiger partial charge in [-0.15, -0.1) is 0 Å². The highest BCUT2D eigenvalue weighted by molar-refractivity contribution is 7.90. The number of hydrogen-bond acceptors (Lipinski definition) is 4. The fourth-order valence-electron chi connectivity index (χ4n) is 1.76. The third kappa shape index (κ3) is 3.05. The van der Waals surface area contributed by atoms with Crippen molar-refractivity contribution in [3.63, 3.8) is 0 Å². The zero-order valence-electron chi connectivity index (χ0n) is 10.5. The highest BCUT2D eigenvalue weighted by Gasteiger charge is 2.14. The first-order valence-corrected chi connectivity index (χ1v) is 7.48. The molecular formula is C13H12F2N2O2S. The number of hydrogen-bond donors (Lipinski definition) is 2. The second kappa shape index (κ2) is 5.09. The first kappa shape index (κ1) is 14.3. The molecule has 0 aromatic heterocycles. The van der Waals surface area contributed by atoms with Gasteiger partial charge in [0.25, 0.3) is 0 Å². The van der Waals surface area contributed by atoms with Crippen molar-refractivity contribution in [3.05, 3.63) is 48.0 Å². The number of para-hydroxylation sites is 1. The molecule has 106 valence electrons. The van der Waals surface area contributed by atoms with Crippen molar-refractivity contribution in [3.8, 4) is 0 Å². The van der Waals surface area contributed by atoms with E-state index in [9.17, 15) is 17.2 Å². The van der Waals surface area contributed by atoms with Gasteiger partial charge in [0.2, 0.25) is 0 Å². The van der Waals surface area contributed by atoms with Gasteiger partial charge in [-0.25, -0.2) is 17.2 Å². The molecule has 0 aliphatic heterocycles. The number of sulfone groups is 1. The summed E-state index contributed by atoms with van der Waals surface area (Å²) in [5.74, 6) is -1.49. The molecule has 0 fully saturated rings. The molecule has 2 rings (SSSR count). The molecule has 4 nitrogen and oxygen atoms in total. The second-order valence-corrected chi connectivity index (χ2v) is 6.26. The van der Waals surface area contributed by atoms with Crippen LogP contribution >= 0.6 is 0 Å². The van der Waals surface area contributed by atoms with Crippen LogP contribution in [0.4, 0.5) is 25.8 Å². The van der Waals surface area contributed by atoms with E-state index in [4.69, 9.17) is 5.73 Å². The topological polar surface area (TPSA) is 72.2 Å². The molecule has 2 aromatic carbocycles. The maximum atomic E-state index is 13.1. The lowest BCUT2D eigenvalue weighted by Crippen LogP contribution is -2.05. The Labute approximate surface area is 115 Å². The molecule has 2 aromatic rings. The first-order chi connectivity index (χ1) is 9.27. The summed E-state index contributed by atoms with van der Waals surface area (Å²) in [7, 11) is -3.48. The van der Waals surface area contributed by atoms with Gasteiger partial charge in [-0.05, 0) is 24.3 Å². The number of halogens is 2. The largest absolute Gasteiger partial charge is 0.396 e. The molecule has 0 radical (unpaired) electrons. The Hall–Kier alpha value is -2.15. The van der Waals surface area contributed by atoms with Crippen molar-refractivity contribution in [2.45, 2.75) is 4.90 Å². The third-order valence-electron chi connectivity index (χ3n) is 2.61. The van der Waals surface area contributed by atoms with Crippen LogP contribution in [0.15, 0.2) is 41.3 Å². The molecule has 0 aliphatic rings. The standard InChI is InChI=1S/C13H12F2N2O2S/c1-20(18,19)12-4-2-3-11(13(12)16)17-10-6-8(14)5-9(15)7-10/h2-7,17H,16H2,1H3. The maximum absolute atomic E-state index is 13.1. The van der Waals surface area contributed by atoms with Crippen LogP contribution in [0.5, 0.6) is 0 Å². The van der Waals surface area contributed by atoms with Crippen LogP contribution in [0.3, 0.4) is 0 Å². The van der Waals surface area contributed by atoms with Crippen LogP contribution in [0, 0.1) is 11.6 Å². The number of anilines is 3. The van der Waals surface area contributed by atoms with Crippen LogP contribution in [-0.4, -0.2) is 14.7 Å². The molecule has 0 bridgehead atoms. The van der Waals surface area contributed by atoms with E-state index in [1.807, 2.05) is 0 Å². The van der Waals surface area contributed by atoms with Gasteiger partial charge in [-0.2, -0.15) is 0 Å². The summed E-state index contributed by atoms with van der Waals surface area (Å²) in [6, 6.07) is 7.27. The molecule has 0 spiro atoms. The minimum Gasteiger partial charge on any atom is -0.396 e. The minimum atomic E-state index is -3.48. The fourth-order valence-corrected chi connectivity index (χ4v) is 2.59. The van der Waals surface area contributed by atoms with E-state index in [0.717, 1.165) is 24.5 Å². The van der Waals surface area contributed by atoms with Gasteiger partial charge >= 0.3 is 0 Å². The fraction of sp³-hybridized carbons (Fsp3) is 0.0769. The van der Waals surface area contributed by atoms with E-state index < -0.39 is 21.5 Å². The summed E-state index contributed by atoms with van der Waals surface area (Å²) in [6.07, 6.45) is 1.03. The van der Waals surface area contributed by atoms with Crippen molar-refractivity contribution in [1.29, 1.82) is 0 Å². The van der Waals surface area contributed by atoms with Crippen LogP contribution in [0.25, 0.3) is 0 Å². The van der Waals surface area contributed by atoms with Crippen molar-refractivity contribution in [1.82, 2.24) is 0 Å². The highest BCUT2D eigenvalue weighted by Crippen LogP contribution is 2.29. The Bertz CT molecular complexity index is 741. The van der Waals surface area contributed by atoms with E-state index in [1.165, 1.54) is 18.2 Å². The second-order valence-electron chi connectivity index (χ2n) is 4.27.